The molecule has 0 aliphatic rings. The Labute approximate surface area is 113 Å². The third-order valence-electron chi connectivity index (χ3n) is 2.62. The first-order chi connectivity index (χ1) is 8.97. The second kappa shape index (κ2) is 5.45. The highest BCUT2D eigenvalue weighted by atomic mass is 16.5. The molecular weight excluding hydrogens is 240 g/mol. The number of nitrogen functional groups attached to an aromatic ring is 1. The summed E-state index contributed by atoms with van der Waals surface area (Å²) in [5, 5.41) is 0.929. The number of nitrogens with zero attached hydrogens (tertiary/aromatic N) is 1. The molecule has 1 aromatic heterocycles. The molecule has 1 heterocycles. The van der Waals surface area contributed by atoms with Gasteiger partial charge in [0, 0.05) is 5.39 Å². The van der Waals surface area contributed by atoms with Gasteiger partial charge in [0.25, 0.3) is 0 Å². The number of anilines is 1. The van der Waals surface area contributed by atoms with E-state index in [1.54, 1.807) is 6.20 Å². The Balaban J connectivity index is 2.10. The Bertz CT molecular complexity index is 562. The van der Waals surface area contributed by atoms with Gasteiger partial charge in [-0.05, 0) is 32.9 Å². The number of hydrogen-bond acceptors (Lipinski definition) is 4. The fourth-order valence-electron chi connectivity index (χ4n) is 1.78. The fraction of sp³-hybridized carbons (Fsp3) is 0.400. The summed E-state index contributed by atoms with van der Waals surface area (Å²) in [7, 11) is 0. The van der Waals surface area contributed by atoms with E-state index in [9.17, 15) is 0 Å². The standard InChI is InChI=1S/C15H20N2O2/c1-15(2,3)19-9-8-18-14-11-6-4-5-7-13(11)17-10-12(14)16/h4-7,10H,8-9,16H2,1-3H3. The van der Waals surface area contributed by atoms with Gasteiger partial charge < -0.3 is 15.2 Å². The van der Waals surface area contributed by atoms with Gasteiger partial charge in [-0.2, -0.15) is 0 Å². The van der Waals surface area contributed by atoms with Crippen LogP contribution in [-0.2, 0) is 4.74 Å². The van der Waals surface area contributed by atoms with Crippen molar-refractivity contribution in [1.82, 2.24) is 4.98 Å². The largest absolute Gasteiger partial charge is 0.488 e. The minimum atomic E-state index is -0.158. The lowest BCUT2D eigenvalue weighted by Gasteiger charge is -2.20. The van der Waals surface area contributed by atoms with Gasteiger partial charge in [0.05, 0.1) is 29.6 Å². The van der Waals surface area contributed by atoms with Crippen LogP contribution in [0.3, 0.4) is 0 Å². The van der Waals surface area contributed by atoms with Gasteiger partial charge in [-0.3, -0.25) is 4.98 Å². The number of rotatable bonds is 4. The van der Waals surface area contributed by atoms with Crippen molar-refractivity contribution in [2.75, 3.05) is 18.9 Å². The average Bonchev–Trinajstić information content (AvgIpc) is 2.35. The third kappa shape index (κ3) is 3.58. The molecule has 0 aliphatic heterocycles. The highest BCUT2D eigenvalue weighted by Gasteiger charge is 2.11. The van der Waals surface area contributed by atoms with Crippen molar-refractivity contribution in [3.63, 3.8) is 0 Å². The van der Waals surface area contributed by atoms with E-state index in [0.29, 0.717) is 24.7 Å². The van der Waals surface area contributed by atoms with E-state index < -0.39 is 0 Å². The maximum Gasteiger partial charge on any atom is 0.153 e. The first kappa shape index (κ1) is 13.6. The number of fused-ring (bicyclic) bond motifs is 1. The Morgan fingerprint density at radius 3 is 2.63 bits per heavy atom. The predicted octanol–water partition coefficient (Wildman–Crippen LogP) is 3.01. The summed E-state index contributed by atoms with van der Waals surface area (Å²) in [5.74, 6) is 0.683. The molecule has 0 atom stereocenters. The van der Waals surface area contributed by atoms with Gasteiger partial charge >= 0.3 is 0 Å². The van der Waals surface area contributed by atoms with Crippen molar-refractivity contribution in [2.24, 2.45) is 0 Å². The number of ether oxygens (including phenoxy) is 2. The molecule has 4 heteroatoms. The summed E-state index contributed by atoms with van der Waals surface area (Å²) in [4.78, 5) is 4.27. The molecule has 2 aromatic rings. The number of pyridine rings is 1. The van der Waals surface area contributed by atoms with Gasteiger partial charge in [0.1, 0.15) is 6.61 Å². The molecule has 2 rings (SSSR count). The minimum absolute atomic E-state index is 0.158. The Morgan fingerprint density at radius 2 is 1.89 bits per heavy atom. The number of hydrogen-bond donors (Lipinski definition) is 1. The van der Waals surface area contributed by atoms with E-state index in [1.807, 2.05) is 45.0 Å². The number of para-hydroxylation sites is 1. The normalized spacial score (nSPS) is 11.7. The van der Waals surface area contributed by atoms with E-state index in [2.05, 4.69) is 4.98 Å². The molecule has 0 spiro atoms. The van der Waals surface area contributed by atoms with Crippen LogP contribution in [0.4, 0.5) is 5.69 Å². The third-order valence-corrected chi connectivity index (χ3v) is 2.62. The molecule has 0 radical (unpaired) electrons. The van der Waals surface area contributed by atoms with Gasteiger partial charge in [-0.1, -0.05) is 12.1 Å². The summed E-state index contributed by atoms with van der Waals surface area (Å²) in [6, 6.07) is 7.78. The van der Waals surface area contributed by atoms with E-state index in [1.165, 1.54) is 0 Å². The van der Waals surface area contributed by atoms with E-state index in [4.69, 9.17) is 15.2 Å². The fourth-order valence-corrected chi connectivity index (χ4v) is 1.78. The maximum atomic E-state index is 5.93. The molecular formula is C15H20N2O2. The molecule has 0 bridgehead atoms. The van der Waals surface area contributed by atoms with Crippen LogP contribution in [0.1, 0.15) is 20.8 Å². The van der Waals surface area contributed by atoms with Crippen LogP contribution in [-0.4, -0.2) is 23.8 Å². The van der Waals surface area contributed by atoms with Crippen molar-refractivity contribution in [2.45, 2.75) is 26.4 Å². The second-order valence-corrected chi connectivity index (χ2v) is 5.37. The summed E-state index contributed by atoms with van der Waals surface area (Å²) >= 11 is 0. The summed E-state index contributed by atoms with van der Waals surface area (Å²) < 4.78 is 11.4. The quantitative estimate of drug-likeness (QED) is 0.858. The number of aromatic nitrogens is 1. The predicted molar refractivity (Wildman–Crippen MR) is 77.4 cm³/mol. The van der Waals surface area contributed by atoms with E-state index >= 15 is 0 Å². The molecule has 0 amide bonds. The summed E-state index contributed by atoms with van der Waals surface area (Å²) in [5.41, 5.74) is 7.20. The van der Waals surface area contributed by atoms with Crippen LogP contribution >= 0.6 is 0 Å². The van der Waals surface area contributed by atoms with Crippen LogP contribution in [0.15, 0.2) is 30.5 Å². The van der Waals surface area contributed by atoms with Crippen molar-refractivity contribution in [3.8, 4) is 5.75 Å². The zero-order chi connectivity index (χ0) is 13.9. The molecule has 0 fully saturated rings. The maximum absolute atomic E-state index is 5.93. The molecule has 0 aliphatic carbocycles. The first-order valence-electron chi connectivity index (χ1n) is 6.37. The van der Waals surface area contributed by atoms with Crippen LogP contribution in [0.2, 0.25) is 0 Å². The minimum Gasteiger partial charge on any atom is -0.488 e. The van der Waals surface area contributed by atoms with Crippen molar-refractivity contribution in [1.29, 1.82) is 0 Å². The monoisotopic (exact) mass is 260 g/mol. The number of benzene rings is 1. The first-order valence-corrected chi connectivity index (χ1v) is 6.37. The van der Waals surface area contributed by atoms with Gasteiger partial charge in [-0.25, -0.2) is 0 Å². The smallest absolute Gasteiger partial charge is 0.153 e. The lowest BCUT2D eigenvalue weighted by Crippen LogP contribution is -2.22. The van der Waals surface area contributed by atoms with Gasteiger partial charge in [0.2, 0.25) is 0 Å². The second-order valence-electron chi connectivity index (χ2n) is 5.37. The van der Waals surface area contributed by atoms with Crippen LogP contribution < -0.4 is 10.5 Å². The average molecular weight is 260 g/mol. The van der Waals surface area contributed by atoms with E-state index in [-0.39, 0.29) is 5.60 Å². The van der Waals surface area contributed by atoms with Crippen molar-refractivity contribution >= 4 is 16.6 Å². The Hall–Kier alpha value is -1.81. The Morgan fingerprint density at radius 1 is 1.16 bits per heavy atom. The highest BCUT2D eigenvalue weighted by Crippen LogP contribution is 2.29. The van der Waals surface area contributed by atoms with Crippen LogP contribution in [0.5, 0.6) is 5.75 Å². The molecule has 4 nitrogen and oxygen atoms in total. The molecule has 0 saturated carbocycles. The highest BCUT2D eigenvalue weighted by molar-refractivity contribution is 5.89. The van der Waals surface area contributed by atoms with Gasteiger partial charge in [-0.15, -0.1) is 0 Å². The van der Waals surface area contributed by atoms with Crippen molar-refractivity contribution in [3.05, 3.63) is 30.5 Å². The Kier molecular flexibility index (Phi) is 3.90. The SMILES string of the molecule is CC(C)(C)OCCOc1c(N)cnc2ccccc12. The molecule has 0 unspecified atom stereocenters. The number of nitrogens with two attached hydrogens (primary N) is 1. The summed E-state index contributed by atoms with van der Waals surface area (Å²) in [6.45, 7) is 7.05. The van der Waals surface area contributed by atoms with Crippen molar-refractivity contribution < 1.29 is 9.47 Å². The van der Waals surface area contributed by atoms with Crippen LogP contribution in [0, 0.1) is 0 Å². The molecule has 2 N–H and O–H groups in total. The topological polar surface area (TPSA) is 57.4 Å². The molecule has 0 saturated heterocycles. The lowest BCUT2D eigenvalue weighted by molar-refractivity contribution is -0.0160. The van der Waals surface area contributed by atoms with E-state index in [0.717, 1.165) is 10.9 Å². The lowest BCUT2D eigenvalue weighted by atomic mass is 10.2. The summed E-state index contributed by atoms with van der Waals surface area (Å²) in [6.07, 6.45) is 1.63. The molecule has 102 valence electrons. The van der Waals surface area contributed by atoms with Gasteiger partial charge in [0.15, 0.2) is 5.75 Å². The molecule has 19 heavy (non-hydrogen) atoms. The molecule has 1 aromatic carbocycles. The zero-order valence-corrected chi connectivity index (χ0v) is 11.6. The zero-order valence-electron chi connectivity index (χ0n) is 11.6. The van der Waals surface area contributed by atoms with Crippen LogP contribution in [0.25, 0.3) is 10.9 Å².